The molecule has 1 aliphatic carbocycles. The van der Waals surface area contributed by atoms with Crippen LogP contribution in [0.3, 0.4) is 0 Å². The molecule has 0 aromatic heterocycles. The zero-order valence-electron chi connectivity index (χ0n) is 17.6. The SMILES string of the molecule is Cc1ccc(C(=O)CCc2ccc3c(c2)C(=O)N([C@@]2(C)CCC(=O)CC2=O)C3=O)cc1. The molecule has 0 saturated heterocycles. The molecule has 1 atom stereocenters. The minimum Gasteiger partial charge on any atom is -0.299 e. The molecule has 0 radical (unpaired) electrons. The van der Waals surface area contributed by atoms with E-state index in [1.165, 1.54) is 0 Å². The largest absolute Gasteiger partial charge is 0.299 e. The van der Waals surface area contributed by atoms with Crippen LogP contribution in [0.2, 0.25) is 0 Å². The van der Waals surface area contributed by atoms with Gasteiger partial charge in [0.15, 0.2) is 11.6 Å². The Bertz CT molecular complexity index is 1130. The molecule has 1 aliphatic heterocycles. The molecule has 6 nitrogen and oxygen atoms in total. The third-order valence-corrected chi connectivity index (χ3v) is 6.31. The molecule has 4 rings (SSSR count). The molecule has 31 heavy (non-hydrogen) atoms. The summed E-state index contributed by atoms with van der Waals surface area (Å²) in [7, 11) is 0. The maximum atomic E-state index is 13.1. The number of nitrogens with zero attached hydrogens (tertiary/aromatic N) is 1. The minimum absolute atomic E-state index is 0.00880. The Morgan fingerprint density at radius 3 is 2.32 bits per heavy atom. The highest BCUT2D eigenvalue weighted by atomic mass is 16.2. The lowest BCUT2D eigenvalue weighted by molar-refractivity contribution is -0.137. The Morgan fingerprint density at radius 2 is 1.65 bits per heavy atom. The maximum absolute atomic E-state index is 13.1. The number of hydrogen-bond donors (Lipinski definition) is 0. The predicted octanol–water partition coefficient (Wildman–Crippen LogP) is 3.49. The average Bonchev–Trinajstić information content (AvgIpc) is 3.00. The molecule has 1 saturated carbocycles. The smallest absolute Gasteiger partial charge is 0.262 e. The summed E-state index contributed by atoms with van der Waals surface area (Å²) in [4.78, 5) is 63.7. The fourth-order valence-corrected chi connectivity index (χ4v) is 4.25. The van der Waals surface area contributed by atoms with E-state index in [0.29, 0.717) is 12.0 Å². The van der Waals surface area contributed by atoms with Crippen molar-refractivity contribution in [2.75, 3.05) is 0 Å². The molecular weight excluding hydrogens is 394 g/mol. The first-order valence-electron chi connectivity index (χ1n) is 10.4. The number of rotatable bonds is 5. The monoisotopic (exact) mass is 417 g/mol. The summed E-state index contributed by atoms with van der Waals surface area (Å²) in [6, 6.07) is 12.3. The number of ketones is 3. The second-order valence-corrected chi connectivity index (χ2v) is 8.53. The van der Waals surface area contributed by atoms with Crippen molar-refractivity contribution in [1.29, 1.82) is 0 Å². The number of aryl methyl sites for hydroxylation is 2. The maximum Gasteiger partial charge on any atom is 0.262 e. The third kappa shape index (κ3) is 3.63. The molecule has 0 bridgehead atoms. The van der Waals surface area contributed by atoms with Crippen LogP contribution in [0.15, 0.2) is 42.5 Å². The number of carbonyl (C=O) groups excluding carboxylic acids is 5. The van der Waals surface area contributed by atoms with Gasteiger partial charge in [0, 0.05) is 18.4 Å². The molecule has 2 aliphatic rings. The summed E-state index contributed by atoms with van der Waals surface area (Å²) in [6.45, 7) is 3.52. The van der Waals surface area contributed by atoms with E-state index >= 15 is 0 Å². The molecular formula is C25H23NO5. The number of imide groups is 1. The number of benzene rings is 2. The summed E-state index contributed by atoms with van der Waals surface area (Å²) in [6.07, 6.45) is 0.782. The van der Waals surface area contributed by atoms with E-state index in [1.54, 1.807) is 37.3 Å². The van der Waals surface area contributed by atoms with Gasteiger partial charge in [-0.3, -0.25) is 28.9 Å². The van der Waals surface area contributed by atoms with E-state index in [1.807, 2.05) is 19.1 Å². The molecule has 2 aromatic carbocycles. The third-order valence-electron chi connectivity index (χ3n) is 6.31. The van der Waals surface area contributed by atoms with Crippen LogP contribution in [0.5, 0.6) is 0 Å². The van der Waals surface area contributed by atoms with E-state index in [9.17, 15) is 24.0 Å². The fourth-order valence-electron chi connectivity index (χ4n) is 4.25. The van der Waals surface area contributed by atoms with Crippen LogP contribution in [-0.2, 0) is 16.0 Å². The van der Waals surface area contributed by atoms with Crippen LogP contribution in [0.1, 0.15) is 74.8 Å². The zero-order valence-corrected chi connectivity index (χ0v) is 17.6. The summed E-state index contributed by atoms with van der Waals surface area (Å²) in [5.74, 6) is -1.58. The number of fused-ring (bicyclic) bond motifs is 1. The summed E-state index contributed by atoms with van der Waals surface area (Å²) in [5, 5.41) is 0. The van der Waals surface area contributed by atoms with Crippen LogP contribution in [0.25, 0.3) is 0 Å². The number of Topliss-reactive ketones (excluding diaryl/α,β-unsaturated/α-hetero) is 3. The molecule has 1 heterocycles. The van der Waals surface area contributed by atoms with Crippen molar-refractivity contribution in [3.8, 4) is 0 Å². The molecule has 0 unspecified atom stereocenters. The Kier molecular flexibility index (Phi) is 5.17. The van der Waals surface area contributed by atoms with Crippen LogP contribution in [0, 0.1) is 6.92 Å². The Balaban J connectivity index is 1.53. The van der Waals surface area contributed by atoms with Gasteiger partial charge in [0.1, 0.15) is 11.3 Å². The van der Waals surface area contributed by atoms with E-state index in [0.717, 1.165) is 16.0 Å². The first-order valence-corrected chi connectivity index (χ1v) is 10.4. The van der Waals surface area contributed by atoms with Crippen molar-refractivity contribution in [2.45, 2.75) is 51.5 Å². The first-order chi connectivity index (χ1) is 14.7. The molecule has 0 N–H and O–H groups in total. The van der Waals surface area contributed by atoms with Crippen molar-refractivity contribution in [3.05, 3.63) is 70.3 Å². The number of amides is 2. The highest BCUT2D eigenvalue weighted by Gasteiger charge is 2.52. The van der Waals surface area contributed by atoms with Gasteiger partial charge in [0.25, 0.3) is 11.8 Å². The van der Waals surface area contributed by atoms with Crippen molar-refractivity contribution >= 4 is 29.2 Å². The van der Waals surface area contributed by atoms with Gasteiger partial charge in [-0.15, -0.1) is 0 Å². The molecule has 158 valence electrons. The van der Waals surface area contributed by atoms with E-state index in [4.69, 9.17) is 0 Å². The Hall–Kier alpha value is -3.41. The van der Waals surface area contributed by atoms with Gasteiger partial charge >= 0.3 is 0 Å². The van der Waals surface area contributed by atoms with Crippen LogP contribution >= 0.6 is 0 Å². The van der Waals surface area contributed by atoms with Crippen LogP contribution in [-0.4, -0.2) is 39.6 Å². The molecule has 1 fully saturated rings. The molecule has 0 spiro atoms. The van der Waals surface area contributed by atoms with E-state index < -0.39 is 23.1 Å². The standard InChI is InChI=1S/C25H23NO5/c1-15-3-7-17(8-4-15)21(28)10-6-16-5-9-19-20(13-16)24(31)26(23(19)30)25(2)12-11-18(27)14-22(25)29/h3-5,7-9,13H,6,10-12,14H2,1-2H3/t25-/m0/s1. The van der Waals surface area contributed by atoms with Gasteiger partial charge in [-0.25, -0.2) is 0 Å². The normalized spacial score (nSPS) is 20.9. The lowest BCUT2D eigenvalue weighted by Crippen LogP contribution is -2.57. The van der Waals surface area contributed by atoms with Crippen LogP contribution in [0.4, 0.5) is 0 Å². The van der Waals surface area contributed by atoms with Gasteiger partial charge in [0.2, 0.25) is 0 Å². The summed E-state index contributed by atoms with van der Waals surface area (Å²) < 4.78 is 0. The zero-order chi connectivity index (χ0) is 22.3. The Labute approximate surface area is 180 Å². The first kappa shape index (κ1) is 20.8. The second-order valence-electron chi connectivity index (χ2n) is 8.53. The minimum atomic E-state index is -1.30. The fraction of sp³-hybridized carbons (Fsp3) is 0.320. The predicted molar refractivity (Wildman–Crippen MR) is 113 cm³/mol. The molecule has 2 aromatic rings. The quantitative estimate of drug-likeness (QED) is 0.422. The van der Waals surface area contributed by atoms with Gasteiger partial charge in [-0.1, -0.05) is 35.9 Å². The lowest BCUT2D eigenvalue weighted by Gasteiger charge is -2.38. The second kappa shape index (κ2) is 7.69. The van der Waals surface area contributed by atoms with Gasteiger partial charge < -0.3 is 0 Å². The van der Waals surface area contributed by atoms with Gasteiger partial charge in [0.05, 0.1) is 17.5 Å². The average molecular weight is 417 g/mol. The Morgan fingerprint density at radius 1 is 0.968 bits per heavy atom. The molecule has 2 amide bonds. The lowest BCUT2D eigenvalue weighted by atomic mass is 9.80. The van der Waals surface area contributed by atoms with Crippen molar-refractivity contribution < 1.29 is 24.0 Å². The van der Waals surface area contributed by atoms with E-state index in [-0.39, 0.29) is 48.4 Å². The topological polar surface area (TPSA) is 88.6 Å². The van der Waals surface area contributed by atoms with E-state index in [2.05, 4.69) is 0 Å². The van der Waals surface area contributed by atoms with Gasteiger partial charge in [-0.05, 0) is 44.4 Å². The number of carbonyl (C=O) groups is 5. The molecule has 6 heteroatoms. The van der Waals surface area contributed by atoms with Crippen molar-refractivity contribution in [2.24, 2.45) is 0 Å². The summed E-state index contributed by atoms with van der Waals surface area (Å²) >= 11 is 0. The highest BCUT2D eigenvalue weighted by molar-refractivity contribution is 6.24. The van der Waals surface area contributed by atoms with Crippen LogP contribution < -0.4 is 0 Å². The van der Waals surface area contributed by atoms with Gasteiger partial charge in [-0.2, -0.15) is 0 Å². The summed E-state index contributed by atoms with van der Waals surface area (Å²) in [5.41, 5.74) is 1.70. The van der Waals surface area contributed by atoms with Crippen molar-refractivity contribution in [1.82, 2.24) is 4.90 Å². The highest BCUT2D eigenvalue weighted by Crippen LogP contribution is 2.36. The van der Waals surface area contributed by atoms with Crippen molar-refractivity contribution in [3.63, 3.8) is 0 Å². The number of hydrogen-bond acceptors (Lipinski definition) is 5.